The molecule has 1 unspecified atom stereocenters. The molecule has 4 heteroatoms. The summed E-state index contributed by atoms with van der Waals surface area (Å²) in [6.07, 6.45) is 5.49. The van der Waals surface area contributed by atoms with Gasteiger partial charge < -0.3 is 20.0 Å². The van der Waals surface area contributed by atoms with E-state index in [9.17, 15) is 10.2 Å². The molecule has 0 aromatic heterocycles. The summed E-state index contributed by atoms with van der Waals surface area (Å²) in [6, 6.07) is 0. The monoisotopic (exact) mass is 298 g/mol. The van der Waals surface area contributed by atoms with E-state index in [1.807, 2.05) is 0 Å². The van der Waals surface area contributed by atoms with Crippen LogP contribution in [0.1, 0.15) is 46.0 Å². The van der Waals surface area contributed by atoms with Crippen LogP contribution >= 0.6 is 0 Å². The molecule has 2 fully saturated rings. The molecule has 2 rings (SSSR count). The molecule has 21 heavy (non-hydrogen) atoms. The Kier molecular flexibility index (Phi) is 6.48. The highest BCUT2D eigenvalue weighted by molar-refractivity contribution is 4.85. The zero-order valence-corrected chi connectivity index (χ0v) is 13.9. The highest BCUT2D eigenvalue weighted by Crippen LogP contribution is 2.34. The molecule has 2 aliphatic heterocycles. The van der Waals surface area contributed by atoms with Crippen LogP contribution in [0.2, 0.25) is 0 Å². The Morgan fingerprint density at radius 1 is 1.05 bits per heavy atom. The van der Waals surface area contributed by atoms with Crippen molar-refractivity contribution in [3.63, 3.8) is 0 Å². The SMILES string of the molecule is CCC1(CO)CCN(CC(O)CN2CCC(C)CC2)CC1. The van der Waals surface area contributed by atoms with Gasteiger partial charge in [-0.3, -0.25) is 0 Å². The third kappa shape index (κ3) is 4.92. The predicted molar refractivity (Wildman–Crippen MR) is 86.3 cm³/mol. The number of aliphatic hydroxyl groups is 2. The number of rotatable bonds is 6. The number of piperidine rings is 2. The third-order valence-electron chi connectivity index (χ3n) is 5.82. The normalized spacial score (nSPS) is 26.9. The van der Waals surface area contributed by atoms with Gasteiger partial charge in [0.05, 0.1) is 6.10 Å². The summed E-state index contributed by atoms with van der Waals surface area (Å²) in [5.41, 5.74) is 0.143. The minimum Gasteiger partial charge on any atom is -0.396 e. The van der Waals surface area contributed by atoms with Gasteiger partial charge in [0.2, 0.25) is 0 Å². The Hall–Kier alpha value is -0.160. The molecular formula is C17H34N2O2. The first-order valence-electron chi connectivity index (χ1n) is 8.80. The molecule has 124 valence electrons. The number of hydrogen-bond donors (Lipinski definition) is 2. The molecule has 2 heterocycles. The van der Waals surface area contributed by atoms with E-state index >= 15 is 0 Å². The van der Waals surface area contributed by atoms with E-state index in [0.29, 0.717) is 6.61 Å². The van der Waals surface area contributed by atoms with Gasteiger partial charge in [0.1, 0.15) is 0 Å². The summed E-state index contributed by atoms with van der Waals surface area (Å²) < 4.78 is 0. The fourth-order valence-corrected chi connectivity index (χ4v) is 3.73. The second-order valence-electron chi connectivity index (χ2n) is 7.45. The topological polar surface area (TPSA) is 46.9 Å². The summed E-state index contributed by atoms with van der Waals surface area (Å²) in [6.45, 7) is 10.7. The van der Waals surface area contributed by atoms with E-state index in [4.69, 9.17) is 0 Å². The summed E-state index contributed by atoms with van der Waals surface area (Å²) in [5, 5.41) is 19.9. The Bertz CT molecular complexity index is 289. The van der Waals surface area contributed by atoms with Gasteiger partial charge in [-0.1, -0.05) is 13.8 Å². The molecule has 0 spiro atoms. The van der Waals surface area contributed by atoms with Crippen molar-refractivity contribution in [2.24, 2.45) is 11.3 Å². The Morgan fingerprint density at radius 3 is 2.05 bits per heavy atom. The summed E-state index contributed by atoms with van der Waals surface area (Å²) in [5.74, 6) is 0.848. The van der Waals surface area contributed by atoms with Gasteiger partial charge in [-0.2, -0.15) is 0 Å². The van der Waals surface area contributed by atoms with Crippen molar-refractivity contribution in [1.82, 2.24) is 9.80 Å². The van der Waals surface area contributed by atoms with Gasteiger partial charge in [-0.15, -0.1) is 0 Å². The number of likely N-dealkylation sites (tertiary alicyclic amines) is 2. The molecule has 4 nitrogen and oxygen atoms in total. The molecule has 0 radical (unpaired) electrons. The fraction of sp³-hybridized carbons (Fsp3) is 1.00. The molecular weight excluding hydrogens is 264 g/mol. The molecule has 0 amide bonds. The van der Waals surface area contributed by atoms with Crippen LogP contribution in [0.15, 0.2) is 0 Å². The summed E-state index contributed by atoms with van der Waals surface area (Å²) >= 11 is 0. The Morgan fingerprint density at radius 2 is 1.57 bits per heavy atom. The molecule has 2 saturated heterocycles. The lowest BCUT2D eigenvalue weighted by molar-refractivity contribution is 0.0117. The maximum atomic E-state index is 10.3. The quantitative estimate of drug-likeness (QED) is 0.781. The maximum Gasteiger partial charge on any atom is 0.0793 e. The van der Waals surface area contributed by atoms with Crippen LogP contribution in [-0.4, -0.2) is 72.0 Å². The van der Waals surface area contributed by atoms with Crippen LogP contribution in [0.25, 0.3) is 0 Å². The van der Waals surface area contributed by atoms with Gasteiger partial charge in [0.15, 0.2) is 0 Å². The highest BCUT2D eigenvalue weighted by atomic mass is 16.3. The molecule has 0 saturated carbocycles. The standard InChI is InChI=1S/C17H34N2O2/c1-3-17(14-20)6-10-19(11-7-17)13-16(21)12-18-8-4-15(2)5-9-18/h15-16,20-21H,3-14H2,1-2H3. The van der Waals surface area contributed by atoms with Gasteiger partial charge in [-0.25, -0.2) is 0 Å². The molecule has 0 aliphatic carbocycles. The first-order chi connectivity index (χ1) is 10.1. The zero-order chi connectivity index (χ0) is 15.3. The van der Waals surface area contributed by atoms with E-state index in [2.05, 4.69) is 23.6 Å². The van der Waals surface area contributed by atoms with E-state index in [0.717, 1.165) is 64.4 Å². The average molecular weight is 298 g/mol. The lowest BCUT2D eigenvalue weighted by Gasteiger charge is -2.41. The van der Waals surface area contributed by atoms with E-state index in [1.54, 1.807) is 0 Å². The van der Waals surface area contributed by atoms with Crippen molar-refractivity contribution >= 4 is 0 Å². The molecule has 0 bridgehead atoms. The number of aliphatic hydroxyl groups excluding tert-OH is 2. The van der Waals surface area contributed by atoms with Crippen molar-refractivity contribution in [2.75, 3.05) is 45.9 Å². The van der Waals surface area contributed by atoms with Crippen LogP contribution in [0.3, 0.4) is 0 Å². The number of nitrogens with zero attached hydrogens (tertiary/aromatic N) is 2. The van der Waals surface area contributed by atoms with Crippen molar-refractivity contribution in [2.45, 2.75) is 52.1 Å². The van der Waals surface area contributed by atoms with Gasteiger partial charge in [0.25, 0.3) is 0 Å². The lowest BCUT2D eigenvalue weighted by atomic mass is 9.77. The zero-order valence-electron chi connectivity index (χ0n) is 13.9. The van der Waals surface area contributed by atoms with Gasteiger partial charge in [-0.05, 0) is 69.6 Å². The molecule has 0 aromatic carbocycles. The van der Waals surface area contributed by atoms with Crippen LogP contribution in [0.4, 0.5) is 0 Å². The fourth-order valence-electron chi connectivity index (χ4n) is 3.73. The van der Waals surface area contributed by atoms with Crippen molar-refractivity contribution in [1.29, 1.82) is 0 Å². The first kappa shape index (κ1) is 17.2. The van der Waals surface area contributed by atoms with E-state index < -0.39 is 0 Å². The Balaban J connectivity index is 1.68. The highest BCUT2D eigenvalue weighted by Gasteiger charge is 2.32. The molecule has 1 atom stereocenters. The van der Waals surface area contributed by atoms with E-state index in [1.165, 1.54) is 12.8 Å². The van der Waals surface area contributed by atoms with Crippen LogP contribution in [0, 0.1) is 11.3 Å². The number of hydrogen-bond acceptors (Lipinski definition) is 4. The first-order valence-corrected chi connectivity index (χ1v) is 8.80. The third-order valence-corrected chi connectivity index (χ3v) is 5.82. The minimum atomic E-state index is -0.235. The molecule has 0 aromatic rings. The number of β-amino-alcohol motifs (C(OH)–C–C–N with tert-alkyl or cyclic N) is 1. The second-order valence-corrected chi connectivity index (χ2v) is 7.45. The second kappa shape index (κ2) is 7.91. The summed E-state index contributed by atoms with van der Waals surface area (Å²) in [4.78, 5) is 4.79. The minimum absolute atomic E-state index is 0.143. The summed E-state index contributed by atoms with van der Waals surface area (Å²) in [7, 11) is 0. The Labute approximate surface area is 130 Å². The van der Waals surface area contributed by atoms with Crippen molar-refractivity contribution < 1.29 is 10.2 Å². The maximum absolute atomic E-state index is 10.3. The van der Waals surface area contributed by atoms with Gasteiger partial charge >= 0.3 is 0 Å². The van der Waals surface area contributed by atoms with Crippen molar-refractivity contribution in [3.8, 4) is 0 Å². The molecule has 2 aliphatic rings. The largest absolute Gasteiger partial charge is 0.396 e. The average Bonchev–Trinajstić information content (AvgIpc) is 2.51. The molecule has 2 N–H and O–H groups in total. The van der Waals surface area contributed by atoms with Crippen LogP contribution in [-0.2, 0) is 0 Å². The van der Waals surface area contributed by atoms with Gasteiger partial charge in [0, 0.05) is 19.7 Å². The van der Waals surface area contributed by atoms with Crippen molar-refractivity contribution in [3.05, 3.63) is 0 Å². The lowest BCUT2D eigenvalue weighted by Crippen LogP contribution is -2.47. The van der Waals surface area contributed by atoms with Crippen LogP contribution in [0.5, 0.6) is 0 Å². The van der Waals surface area contributed by atoms with Crippen LogP contribution < -0.4 is 0 Å². The van der Waals surface area contributed by atoms with E-state index in [-0.39, 0.29) is 11.5 Å². The smallest absolute Gasteiger partial charge is 0.0793 e. The predicted octanol–water partition coefficient (Wildman–Crippen LogP) is 1.56.